The Morgan fingerprint density at radius 3 is 2.36 bits per heavy atom. The number of rotatable bonds is 6. The summed E-state index contributed by atoms with van der Waals surface area (Å²) in [6, 6.07) is 20.3. The van der Waals surface area contributed by atoms with Gasteiger partial charge >= 0.3 is 0 Å². The molecule has 0 radical (unpaired) electrons. The van der Waals surface area contributed by atoms with Gasteiger partial charge in [-0.15, -0.1) is 21.5 Å². The van der Waals surface area contributed by atoms with Crippen LogP contribution in [0.1, 0.15) is 10.4 Å². The first kappa shape index (κ1) is 20.7. The second-order valence-electron chi connectivity index (χ2n) is 7.12. The van der Waals surface area contributed by atoms with Crippen molar-refractivity contribution in [2.24, 2.45) is 0 Å². The standard InChI is InChI=1S/C24H19N5O3S/c1-31-18-12-16(13-19(14-18)32-2)24(30)25-17-7-5-15(6-8-17)20-9-10-22-26-27-23(29(22)28-20)21-4-3-11-33-21/h3-14H,1-2H3,(H,25,30). The average molecular weight is 458 g/mol. The topological polar surface area (TPSA) is 90.6 Å². The number of hydrogen-bond acceptors (Lipinski definition) is 7. The summed E-state index contributed by atoms with van der Waals surface area (Å²) in [6.07, 6.45) is 0. The summed E-state index contributed by atoms with van der Waals surface area (Å²) < 4.78 is 12.2. The molecule has 3 heterocycles. The lowest BCUT2D eigenvalue weighted by molar-refractivity contribution is 0.102. The fraction of sp³-hybridized carbons (Fsp3) is 0.0833. The van der Waals surface area contributed by atoms with Crippen LogP contribution >= 0.6 is 11.3 Å². The molecule has 33 heavy (non-hydrogen) atoms. The molecule has 5 rings (SSSR count). The molecule has 0 spiro atoms. The first-order valence-corrected chi connectivity index (χ1v) is 10.9. The van der Waals surface area contributed by atoms with Crippen molar-refractivity contribution in [1.29, 1.82) is 0 Å². The van der Waals surface area contributed by atoms with Crippen LogP contribution in [-0.2, 0) is 0 Å². The molecular formula is C24H19N5O3S. The van der Waals surface area contributed by atoms with Gasteiger partial charge in [0.1, 0.15) is 11.5 Å². The van der Waals surface area contributed by atoms with Gasteiger partial charge in [-0.2, -0.15) is 9.61 Å². The third-order valence-corrected chi connectivity index (χ3v) is 5.92. The monoisotopic (exact) mass is 457 g/mol. The lowest BCUT2D eigenvalue weighted by Gasteiger charge is -2.10. The van der Waals surface area contributed by atoms with Crippen LogP contribution in [0.3, 0.4) is 0 Å². The highest BCUT2D eigenvalue weighted by atomic mass is 32.1. The number of amides is 1. The van der Waals surface area contributed by atoms with Crippen LogP contribution in [0.4, 0.5) is 5.69 Å². The van der Waals surface area contributed by atoms with Crippen molar-refractivity contribution in [3.8, 4) is 33.5 Å². The maximum Gasteiger partial charge on any atom is 0.255 e. The first-order chi connectivity index (χ1) is 16.1. The summed E-state index contributed by atoms with van der Waals surface area (Å²) in [6.45, 7) is 0. The lowest BCUT2D eigenvalue weighted by Crippen LogP contribution is -2.12. The molecule has 3 aromatic heterocycles. The van der Waals surface area contributed by atoms with Gasteiger partial charge in [0, 0.05) is 22.9 Å². The highest BCUT2D eigenvalue weighted by Gasteiger charge is 2.13. The molecule has 0 fully saturated rings. The SMILES string of the molecule is COc1cc(OC)cc(C(=O)Nc2ccc(-c3ccc4nnc(-c5cccs5)n4n3)cc2)c1. The Bertz CT molecular complexity index is 1410. The average Bonchev–Trinajstić information content (AvgIpc) is 3.53. The molecule has 0 atom stereocenters. The van der Waals surface area contributed by atoms with E-state index in [1.165, 1.54) is 0 Å². The minimum absolute atomic E-state index is 0.260. The van der Waals surface area contributed by atoms with E-state index in [1.807, 2.05) is 53.9 Å². The van der Waals surface area contributed by atoms with Gasteiger partial charge in [-0.25, -0.2) is 0 Å². The molecule has 9 heteroatoms. The zero-order valence-corrected chi connectivity index (χ0v) is 18.7. The Hall–Kier alpha value is -4.24. The van der Waals surface area contributed by atoms with E-state index in [4.69, 9.17) is 14.6 Å². The fourth-order valence-corrected chi connectivity index (χ4v) is 4.06. The van der Waals surface area contributed by atoms with Gasteiger partial charge in [0.25, 0.3) is 5.91 Å². The Morgan fingerprint density at radius 2 is 1.70 bits per heavy atom. The predicted molar refractivity (Wildman–Crippen MR) is 127 cm³/mol. The highest BCUT2D eigenvalue weighted by molar-refractivity contribution is 7.13. The number of aromatic nitrogens is 4. The van der Waals surface area contributed by atoms with Crippen LogP contribution in [0.25, 0.3) is 27.6 Å². The molecule has 0 aliphatic heterocycles. The fourth-order valence-electron chi connectivity index (χ4n) is 3.37. The van der Waals surface area contributed by atoms with Gasteiger partial charge in [0.2, 0.25) is 0 Å². The number of carbonyl (C=O) groups excluding carboxylic acids is 1. The zero-order valence-electron chi connectivity index (χ0n) is 17.9. The lowest BCUT2D eigenvalue weighted by atomic mass is 10.1. The summed E-state index contributed by atoms with van der Waals surface area (Å²) in [7, 11) is 3.09. The minimum Gasteiger partial charge on any atom is -0.497 e. The van der Waals surface area contributed by atoms with Crippen LogP contribution in [0.15, 0.2) is 72.1 Å². The molecule has 0 bridgehead atoms. The van der Waals surface area contributed by atoms with E-state index >= 15 is 0 Å². The van der Waals surface area contributed by atoms with E-state index in [2.05, 4.69) is 15.5 Å². The second kappa shape index (κ2) is 8.71. The summed E-state index contributed by atoms with van der Waals surface area (Å²) in [5.41, 5.74) is 3.46. The number of fused-ring (bicyclic) bond motifs is 1. The van der Waals surface area contributed by atoms with E-state index in [0.29, 0.717) is 34.2 Å². The highest BCUT2D eigenvalue weighted by Crippen LogP contribution is 2.26. The Morgan fingerprint density at radius 1 is 0.939 bits per heavy atom. The van der Waals surface area contributed by atoms with Gasteiger partial charge in [-0.1, -0.05) is 18.2 Å². The number of carbonyl (C=O) groups is 1. The molecule has 0 aliphatic rings. The maximum absolute atomic E-state index is 12.7. The van der Waals surface area contributed by atoms with E-state index in [-0.39, 0.29) is 5.91 Å². The molecule has 2 aromatic carbocycles. The van der Waals surface area contributed by atoms with Gasteiger partial charge < -0.3 is 14.8 Å². The third-order valence-electron chi connectivity index (χ3n) is 5.06. The number of ether oxygens (including phenoxy) is 2. The molecule has 164 valence electrons. The Balaban J connectivity index is 1.38. The molecule has 0 saturated carbocycles. The van der Waals surface area contributed by atoms with Crippen LogP contribution in [-0.4, -0.2) is 39.9 Å². The van der Waals surface area contributed by atoms with Crippen molar-refractivity contribution >= 4 is 28.6 Å². The maximum atomic E-state index is 12.7. The van der Waals surface area contributed by atoms with Crippen molar-refractivity contribution in [1.82, 2.24) is 19.8 Å². The Labute approximate surface area is 193 Å². The zero-order chi connectivity index (χ0) is 22.8. The number of nitrogens with zero attached hydrogens (tertiary/aromatic N) is 4. The molecule has 1 amide bonds. The number of thiophene rings is 1. The van der Waals surface area contributed by atoms with Crippen LogP contribution < -0.4 is 14.8 Å². The van der Waals surface area contributed by atoms with Crippen molar-refractivity contribution in [3.05, 3.63) is 77.7 Å². The second-order valence-corrected chi connectivity index (χ2v) is 8.07. The molecule has 8 nitrogen and oxygen atoms in total. The van der Waals surface area contributed by atoms with Gasteiger partial charge in [0.05, 0.1) is 24.8 Å². The summed E-state index contributed by atoms with van der Waals surface area (Å²) in [4.78, 5) is 13.7. The number of benzene rings is 2. The summed E-state index contributed by atoms with van der Waals surface area (Å²) in [5, 5.41) is 18.1. The van der Waals surface area contributed by atoms with Crippen molar-refractivity contribution < 1.29 is 14.3 Å². The van der Waals surface area contributed by atoms with Crippen LogP contribution in [0.5, 0.6) is 11.5 Å². The molecule has 0 saturated heterocycles. The smallest absolute Gasteiger partial charge is 0.255 e. The summed E-state index contributed by atoms with van der Waals surface area (Å²) >= 11 is 1.59. The van der Waals surface area contributed by atoms with Crippen molar-refractivity contribution in [3.63, 3.8) is 0 Å². The minimum atomic E-state index is -0.260. The number of nitrogens with one attached hydrogen (secondary N) is 1. The quantitative estimate of drug-likeness (QED) is 0.394. The predicted octanol–water partition coefficient (Wildman–Crippen LogP) is 4.79. The van der Waals surface area contributed by atoms with E-state index in [1.54, 1.807) is 48.3 Å². The van der Waals surface area contributed by atoms with E-state index in [9.17, 15) is 4.79 Å². The van der Waals surface area contributed by atoms with Gasteiger partial charge in [0.15, 0.2) is 11.5 Å². The number of methoxy groups -OCH3 is 2. The van der Waals surface area contributed by atoms with Crippen LogP contribution in [0.2, 0.25) is 0 Å². The molecular weight excluding hydrogens is 438 g/mol. The van der Waals surface area contributed by atoms with Crippen LogP contribution in [0, 0.1) is 0 Å². The molecule has 0 unspecified atom stereocenters. The normalized spacial score (nSPS) is 10.8. The largest absolute Gasteiger partial charge is 0.497 e. The third kappa shape index (κ3) is 4.13. The number of hydrogen-bond donors (Lipinski definition) is 1. The Kier molecular flexibility index (Phi) is 5.45. The summed E-state index contributed by atoms with van der Waals surface area (Å²) in [5.74, 6) is 1.54. The van der Waals surface area contributed by atoms with E-state index in [0.717, 1.165) is 16.1 Å². The number of anilines is 1. The van der Waals surface area contributed by atoms with Gasteiger partial charge in [-0.05, 0) is 47.8 Å². The first-order valence-electron chi connectivity index (χ1n) is 10.1. The molecule has 1 N–H and O–H groups in total. The van der Waals surface area contributed by atoms with E-state index < -0.39 is 0 Å². The van der Waals surface area contributed by atoms with Gasteiger partial charge in [-0.3, -0.25) is 4.79 Å². The molecule has 5 aromatic rings. The molecule has 0 aliphatic carbocycles. The van der Waals surface area contributed by atoms with Crippen molar-refractivity contribution in [2.75, 3.05) is 19.5 Å². The van der Waals surface area contributed by atoms with Crippen molar-refractivity contribution in [2.45, 2.75) is 0 Å².